The molecule has 1 fully saturated rings. The summed E-state index contributed by atoms with van der Waals surface area (Å²) in [4.78, 5) is 2.44. The highest BCUT2D eigenvalue weighted by Crippen LogP contribution is 2.32. The van der Waals surface area contributed by atoms with Crippen LogP contribution in [0.4, 0.5) is 0 Å². The molecule has 0 unspecified atom stereocenters. The average molecular weight is 441 g/mol. The van der Waals surface area contributed by atoms with E-state index in [1.165, 1.54) is 16.7 Å². The molecule has 1 aliphatic carbocycles. The van der Waals surface area contributed by atoms with Gasteiger partial charge in [0.15, 0.2) is 0 Å². The number of methoxy groups -OCH3 is 1. The van der Waals surface area contributed by atoms with Crippen LogP contribution in [0.1, 0.15) is 41.7 Å². The highest BCUT2D eigenvalue weighted by atomic mass is 16.5. The molecule has 174 valence electrons. The topological polar surface area (TPSA) is 63.2 Å². The number of aliphatic hydroxyl groups excluding tert-OH is 1. The third kappa shape index (κ3) is 6.09. The van der Waals surface area contributed by atoms with Crippen LogP contribution in [-0.4, -0.2) is 69.2 Å². The minimum Gasteiger partial charge on any atom is -0.497 e. The third-order valence-corrected chi connectivity index (χ3v) is 6.51. The summed E-state index contributed by atoms with van der Waals surface area (Å²) in [6.07, 6.45) is 2.83. The maximum atomic E-state index is 10.6. The fourth-order valence-electron chi connectivity index (χ4n) is 4.73. The maximum Gasteiger partial charge on any atom is 0.118 e. The van der Waals surface area contributed by atoms with Gasteiger partial charge in [-0.2, -0.15) is 0 Å². The molecule has 1 heterocycles. The Morgan fingerprint density at radius 1 is 1.09 bits per heavy atom. The fourth-order valence-corrected chi connectivity index (χ4v) is 4.73. The van der Waals surface area contributed by atoms with Crippen LogP contribution in [-0.2, 0) is 15.9 Å². The zero-order chi connectivity index (χ0) is 22.2. The molecule has 4 rings (SSSR count). The van der Waals surface area contributed by atoms with Gasteiger partial charge >= 0.3 is 0 Å². The van der Waals surface area contributed by atoms with Crippen molar-refractivity contribution in [3.8, 4) is 5.75 Å². The molecular formula is C26H36N2O4. The van der Waals surface area contributed by atoms with Crippen molar-refractivity contribution in [2.24, 2.45) is 0 Å². The van der Waals surface area contributed by atoms with E-state index in [0.29, 0.717) is 13.2 Å². The Hall–Kier alpha value is -1.96. The van der Waals surface area contributed by atoms with Crippen LogP contribution in [0.3, 0.4) is 0 Å². The minimum atomic E-state index is -0.537. The molecular weight excluding hydrogens is 404 g/mol. The molecule has 0 bridgehead atoms. The Morgan fingerprint density at radius 3 is 2.66 bits per heavy atom. The summed E-state index contributed by atoms with van der Waals surface area (Å²) in [5, 5.41) is 14.0. The van der Waals surface area contributed by atoms with Gasteiger partial charge in [0, 0.05) is 32.2 Å². The number of morpholine rings is 1. The van der Waals surface area contributed by atoms with Crippen LogP contribution in [0.15, 0.2) is 48.5 Å². The maximum absolute atomic E-state index is 10.6. The zero-order valence-corrected chi connectivity index (χ0v) is 19.0. The van der Waals surface area contributed by atoms with Gasteiger partial charge in [-0.05, 0) is 48.1 Å². The molecule has 0 amide bonds. The third-order valence-electron chi connectivity index (χ3n) is 6.51. The number of aliphatic hydroxyl groups is 1. The normalized spacial score (nSPS) is 21.0. The van der Waals surface area contributed by atoms with E-state index in [0.717, 1.165) is 57.9 Å². The predicted octanol–water partition coefficient (Wildman–Crippen LogP) is 3.11. The highest BCUT2D eigenvalue weighted by Gasteiger charge is 2.24. The lowest BCUT2D eigenvalue weighted by atomic mass is 9.89. The van der Waals surface area contributed by atoms with E-state index >= 15 is 0 Å². The number of benzene rings is 2. The number of fused-ring (bicyclic) bond motifs is 1. The quantitative estimate of drug-likeness (QED) is 0.592. The number of rotatable bonds is 10. The van der Waals surface area contributed by atoms with Gasteiger partial charge in [-0.3, -0.25) is 4.90 Å². The van der Waals surface area contributed by atoms with E-state index in [4.69, 9.17) is 14.2 Å². The molecule has 0 radical (unpaired) electrons. The number of ether oxygens (including phenoxy) is 3. The number of nitrogens with one attached hydrogen (secondary N) is 1. The van der Waals surface area contributed by atoms with E-state index < -0.39 is 6.10 Å². The van der Waals surface area contributed by atoms with Gasteiger partial charge < -0.3 is 24.6 Å². The molecule has 6 heteroatoms. The first kappa shape index (κ1) is 23.2. The average Bonchev–Trinajstić information content (AvgIpc) is 2.86. The van der Waals surface area contributed by atoms with Crippen molar-refractivity contribution in [2.75, 3.05) is 53.1 Å². The molecule has 2 aliphatic rings. The molecule has 0 saturated carbocycles. The number of nitrogens with zero attached hydrogens (tertiary/aromatic N) is 1. The summed E-state index contributed by atoms with van der Waals surface area (Å²) in [6, 6.07) is 17.0. The van der Waals surface area contributed by atoms with E-state index in [-0.39, 0.29) is 12.1 Å². The van der Waals surface area contributed by atoms with Crippen LogP contribution < -0.4 is 10.1 Å². The molecule has 1 saturated heterocycles. The Morgan fingerprint density at radius 2 is 1.88 bits per heavy atom. The molecule has 2 N–H and O–H groups in total. The van der Waals surface area contributed by atoms with Crippen molar-refractivity contribution >= 4 is 0 Å². The van der Waals surface area contributed by atoms with Crippen molar-refractivity contribution in [2.45, 2.75) is 37.5 Å². The molecule has 6 nitrogen and oxygen atoms in total. The number of hydrogen-bond donors (Lipinski definition) is 2. The monoisotopic (exact) mass is 440 g/mol. The highest BCUT2D eigenvalue weighted by molar-refractivity contribution is 5.31. The first-order chi connectivity index (χ1) is 15.7. The lowest BCUT2D eigenvalue weighted by molar-refractivity contribution is -0.0180. The van der Waals surface area contributed by atoms with Gasteiger partial charge in [0.2, 0.25) is 0 Å². The van der Waals surface area contributed by atoms with Gasteiger partial charge in [-0.1, -0.05) is 36.4 Å². The Labute approximate surface area is 191 Å². The second-order valence-electron chi connectivity index (χ2n) is 8.66. The first-order valence-electron chi connectivity index (χ1n) is 11.8. The summed E-state index contributed by atoms with van der Waals surface area (Å²) >= 11 is 0. The Bertz CT molecular complexity index is 823. The predicted molar refractivity (Wildman–Crippen MR) is 125 cm³/mol. The van der Waals surface area contributed by atoms with Crippen LogP contribution in [0.2, 0.25) is 0 Å². The SMILES string of the molecule is COc1ccc([C@H](CNC[C@@H](O)CO[C@H]2CCCc3ccccc32)N2CCOCC2)cc1. The van der Waals surface area contributed by atoms with Crippen molar-refractivity contribution in [3.05, 3.63) is 65.2 Å². The zero-order valence-electron chi connectivity index (χ0n) is 19.0. The minimum absolute atomic E-state index is 0.0926. The summed E-state index contributed by atoms with van der Waals surface area (Å²) < 4.78 is 17.0. The van der Waals surface area contributed by atoms with Gasteiger partial charge in [0.05, 0.1) is 39.1 Å². The lowest BCUT2D eigenvalue weighted by Gasteiger charge is -2.35. The molecule has 0 aromatic heterocycles. The molecule has 32 heavy (non-hydrogen) atoms. The Kier molecular flexibility index (Phi) is 8.54. The summed E-state index contributed by atoms with van der Waals surface area (Å²) in [5.41, 5.74) is 3.90. The molecule has 3 atom stereocenters. The second kappa shape index (κ2) is 11.8. The largest absolute Gasteiger partial charge is 0.497 e. The van der Waals surface area contributed by atoms with Gasteiger partial charge in [0.25, 0.3) is 0 Å². The standard InChI is InChI=1S/C26H36N2O4/c1-30-23-11-9-21(10-12-23)25(28-13-15-31-16-14-28)18-27-17-22(29)19-32-26-8-4-6-20-5-2-3-7-24(20)26/h2-3,5,7,9-12,22,25-27,29H,4,6,8,13-19H2,1H3/t22-,25+,26+/m1/s1. The lowest BCUT2D eigenvalue weighted by Crippen LogP contribution is -2.44. The molecule has 2 aromatic rings. The van der Waals surface area contributed by atoms with Crippen LogP contribution in [0, 0.1) is 0 Å². The van der Waals surface area contributed by atoms with Gasteiger partial charge in [0.1, 0.15) is 5.75 Å². The number of aryl methyl sites for hydroxylation is 1. The van der Waals surface area contributed by atoms with E-state index in [1.807, 2.05) is 12.1 Å². The second-order valence-corrected chi connectivity index (χ2v) is 8.66. The van der Waals surface area contributed by atoms with Crippen LogP contribution >= 0.6 is 0 Å². The number of hydrogen-bond acceptors (Lipinski definition) is 6. The smallest absolute Gasteiger partial charge is 0.118 e. The van der Waals surface area contributed by atoms with Crippen LogP contribution in [0.25, 0.3) is 0 Å². The summed E-state index contributed by atoms with van der Waals surface area (Å²) in [5.74, 6) is 0.860. The van der Waals surface area contributed by atoms with Crippen LogP contribution in [0.5, 0.6) is 5.75 Å². The fraction of sp³-hybridized carbons (Fsp3) is 0.538. The van der Waals surface area contributed by atoms with Crippen molar-refractivity contribution < 1.29 is 19.3 Å². The van der Waals surface area contributed by atoms with Crippen molar-refractivity contribution in [1.82, 2.24) is 10.2 Å². The van der Waals surface area contributed by atoms with Crippen molar-refractivity contribution in [3.63, 3.8) is 0 Å². The molecule has 2 aromatic carbocycles. The van der Waals surface area contributed by atoms with E-state index in [9.17, 15) is 5.11 Å². The van der Waals surface area contributed by atoms with Crippen molar-refractivity contribution in [1.29, 1.82) is 0 Å². The summed E-state index contributed by atoms with van der Waals surface area (Å²) in [6.45, 7) is 4.94. The molecule has 1 aliphatic heterocycles. The Balaban J connectivity index is 1.28. The first-order valence-corrected chi connectivity index (χ1v) is 11.8. The van der Waals surface area contributed by atoms with Gasteiger partial charge in [-0.25, -0.2) is 0 Å². The van der Waals surface area contributed by atoms with Gasteiger partial charge in [-0.15, -0.1) is 0 Å². The van der Waals surface area contributed by atoms with E-state index in [2.05, 4.69) is 46.6 Å². The van der Waals surface area contributed by atoms with E-state index in [1.54, 1.807) is 7.11 Å². The summed E-state index contributed by atoms with van der Waals surface area (Å²) in [7, 11) is 1.69. The molecule has 0 spiro atoms.